The van der Waals surface area contributed by atoms with Crippen molar-refractivity contribution in [2.45, 2.75) is 18.9 Å². The van der Waals surface area contributed by atoms with Crippen LogP contribution < -0.4 is 19.8 Å². The fourth-order valence-electron chi connectivity index (χ4n) is 3.76. The number of methoxy groups -OCH3 is 2. The Balaban J connectivity index is 2.00. The summed E-state index contributed by atoms with van der Waals surface area (Å²) in [5.74, 6) is -0.119. The number of fused-ring (bicyclic) bond motifs is 3. The summed E-state index contributed by atoms with van der Waals surface area (Å²) in [6, 6.07) is 12.3. The number of hydrogen-bond acceptors (Lipinski definition) is 7. The highest BCUT2D eigenvalue weighted by Gasteiger charge is 2.46. The summed E-state index contributed by atoms with van der Waals surface area (Å²) in [5.41, 5.74) is 0.650. The molecule has 0 unspecified atom stereocenters. The largest absolute Gasteiger partial charge is 0.493 e. The van der Waals surface area contributed by atoms with Crippen LogP contribution >= 0.6 is 0 Å². The molecule has 3 aromatic rings. The van der Waals surface area contributed by atoms with E-state index in [1.54, 1.807) is 43.3 Å². The van der Waals surface area contributed by atoms with Crippen LogP contribution in [0.15, 0.2) is 51.7 Å². The summed E-state index contributed by atoms with van der Waals surface area (Å²) in [4.78, 5) is 25.7. The van der Waals surface area contributed by atoms with Crippen molar-refractivity contribution in [3.05, 3.63) is 64.0 Å². The number of ether oxygens (including phenoxy) is 4. The quantitative estimate of drug-likeness (QED) is 0.483. The fourth-order valence-corrected chi connectivity index (χ4v) is 3.76. The van der Waals surface area contributed by atoms with Crippen molar-refractivity contribution in [3.8, 4) is 17.2 Å². The average molecular weight is 396 g/mol. The molecule has 0 bridgehead atoms. The van der Waals surface area contributed by atoms with E-state index in [1.165, 1.54) is 14.2 Å². The molecule has 7 heteroatoms. The van der Waals surface area contributed by atoms with E-state index in [4.69, 9.17) is 23.4 Å². The van der Waals surface area contributed by atoms with Crippen LogP contribution in [0.4, 0.5) is 0 Å². The van der Waals surface area contributed by atoms with Gasteiger partial charge in [0.2, 0.25) is 6.10 Å². The molecule has 0 spiro atoms. The lowest BCUT2D eigenvalue weighted by atomic mass is 9.87. The predicted molar refractivity (Wildman–Crippen MR) is 105 cm³/mol. The molecule has 2 heterocycles. The molecule has 1 aromatic heterocycles. The number of benzene rings is 2. The van der Waals surface area contributed by atoms with Crippen molar-refractivity contribution in [1.29, 1.82) is 0 Å². The second-order valence-corrected chi connectivity index (χ2v) is 6.48. The van der Waals surface area contributed by atoms with Gasteiger partial charge < -0.3 is 23.4 Å². The molecule has 0 N–H and O–H groups in total. The maximum absolute atomic E-state index is 12.9. The van der Waals surface area contributed by atoms with Crippen molar-refractivity contribution < 1.29 is 28.2 Å². The van der Waals surface area contributed by atoms with Gasteiger partial charge in [-0.15, -0.1) is 0 Å². The first kappa shape index (κ1) is 18.9. The van der Waals surface area contributed by atoms with Gasteiger partial charge in [-0.3, -0.25) is 0 Å². The summed E-state index contributed by atoms with van der Waals surface area (Å²) in [6.07, 6.45) is -1.06. The Morgan fingerprint density at radius 2 is 1.86 bits per heavy atom. The summed E-state index contributed by atoms with van der Waals surface area (Å²) in [6.45, 7) is 1.90. The average Bonchev–Trinajstić information content (AvgIpc) is 3.15. The predicted octanol–water partition coefficient (Wildman–Crippen LogP) is 3.27. The molecule has 2 atom stereocenters. The van der Waals surface area contributed by atoms with Crippen LogP contribution in [-0.2, 0) is 9.53 Å². The molecule has 0 saturated carbocycles. The van der Waals surface area contributed by atoms with Gasteiger partial charge in [-0.2, -0.15) is 0 Å². The highest BCUT2D eigenvalue weighted by atomic mass is 16.6. The van der Waals surface area contributed by atoms with Crippen LogP contribution in [-0.4, -0.2) is 32.9 Å². The first-order chi connectivity index (χ1) is 14.1. The molecule has 29 heavy (non-hydrogen) atoms. The maximum atomic E-state index is 12.9. The Morgan fingerprint density at radius 1 is 1.07 bits per heavy atom. The zero-order valence-corrected chi connectivity index (χ0v) is 16.3. The van der Waals surface area contributed by atoms with E-state index in [-0.39, 0.29) is 12.2 Å². The SMILES string of the molecule is CCOC(=O)[C@@H]1Oc2c(c(=O)oc3ccccc23)[C@H]1c1cccc(OC)c1OC. The van der Waals surface area contributed by atoms with Crippen LogP contribution in [0.2, 0.25) is 0 Å². The Bertz CT molecular complexity index is 1130. The Kier molecular flexibility index (Phi) is 4.88. The molecule has 0 fully saturated rings. The molecule has 0 amide bonds. The van der Waals surface area contributed by atoms with Gasteiger partial charge in [0.05, 0.1) is 37.7 Å². The van der Waals surface area contributed by atoms with E-state index < -0.39 is 23.6 Å². The van der Waals surface area contributed by atoms with Crippen molar-refractivity contribution in [1.82, 2.24) is 0 Å². The van der Waals surface area contributed by atoms with Crippen molar-refractivity contribution in [2.24, 2.45) is 0 Å². The van der Waals surface area contributed by atoms with Gasteiger partial charge in [-0.05, 0) is 25.1 Å². The normalized spacial score (nSPS) is 17.5. The number of hydrogen-bond donors (Lipinski definition) is 0. The second-order valence-electron chi connectivity index (χ2n) is 6.48. The summed E-state index contributed by atoms with van der Waals surface area (Å²) >= 11 is 0. The Hall–Kier alpha value is -3.48. The molecular weight excluding hydrogens is 376 g/mol. The smallest absolute Gasteiger partial charge is 0.348 e. The molecule has 2 aromatic carbocycles. The monoisotopic (exact) mass is 396 g/mol. The minimum atomic E-state index is -1.06. The van der Waals surface area contributed by atoms with Gasteiger partial charge in [-0.1, -0.05) is 24.3 Å². The second kappa shape index (κ2) is 7.50. The minimum Gasteiger partial charge on any atom is -0.493 e. The van der Waals surface area contributed by atoms with E-state index >= 15 is 0 Å². The van der Waals surface area contributed by atoms with Gasteiger partial charge in [0, 0.05) is 5.56 Å². The first-order valence-electron chi connectivity index (χ1n) is 9.20. The number of para-hydroxylation sites is 2. The van der Waals surface area contributed by atoms with Crippen LogP contribution in [0.5, 0.6) is 17.2 Å². The van der Waals surface area contributed by atoms with Gasteiger partial charge in [0.1, 0.15) is 11.3 Å². The van der Waals surface area contributed by atoms with Gasteiger partial charge >= 0.3 is 11.6 Å². The number of carbonyl (C=O) groups excluding carboxylic acids is 1. The van der Waals surface area contributed by atoms with Crippen molar-refractivity contribution in [3.63, 3.8) is 0 Å². The van der Waals surface area contributed by atoms with Crippen LogP contribution in [0, 0.1) is 0 Å². The fraction of sp³-hybridized carbons (Fsp3) is 0.273. The Morgan fingerprint density at radius 3 is 2.59 bits per heavy atom. The molecule has 4 rings (SSSR count). The standard InChI is InChI=1S/C22H20O7/c1-4-27-22(24)20-16(13-9-7-11-15(25-2)18(13)26-3)17-19(29-20)12-8-5-6-10-14(12)28-21(17)23/h5-11,16,20H,4H2,1-3H3/t16-,20-/m1/s1. The summed E-state index contributed by atoms with van der Waals surface area (Å²) < 4.78 is 27.7. The van der Waals surface area contributed by atoms with Crippen LogP contribution in [0.1, 0.15) is 24.0 Å². The molecule has 0 aliphatic carbocycles. The molecule has 1 aliphatic rings. The van der Waals surface area contributed by atoms with Crippen LogP contribution in [0.3, 0.4) is 0 Å². The van der Waals surface area contributed by atoms with E-state index in [1.807, 2.05) is 6.07 Å². The topological polar surface area (TPSA) is 84.2 Å². The van der Waals surface area contributed by atoms with Crippen molar-refractivity contribution >= 4 is 16.9 Å². The number of esters is 1. The molecular formula is C22H20O7. The van der Waals surface area contributed by atoms with E-state index in [9.17, 15) is 9.59 Å². The highest BCUT2D eigenvalue weighted by Crippen LogP contribution is 2.48. The molecule has 0 radical (unpaired) electrons. The zero-order valence-electron chi connectivity index (χ0n) is 16.3. The number of carbonyl (C=O) groups is 1. The first-order valence-corrected chi connectivity index (χ1v) is 9.20. The lowest BCUT2D eigenvalue weighted by Gasteiger charge is -2.20. The van der Waals surface area contributed by atoms with Gasteiger partial charge in [0.15, 0.2) is 11.5 Å². The van der Waals surface area contributed by atoms with Gasteiger partial charge in [0.25, 0.3) is 0 Å². The summed E-state index contributed by atoms with van der Waals surface area (Å²) in [5, 5.41) is 0.612. The van der Waals surface area contributed by atoms with Gasteiger partial charge in [-0.25, -0.2) is 9.59 Å². The molecule has 0 saturated heterocycles. The minimum absolute atomic E-state index is 0.187. The molecule has 1 aliphatic heterocycles. The lowest BCUT2D eigenvalue weighted by Crippen LogP contribution is -2.32. The van der Waals surface area contributed by atoms with E-state index in [2.05, 4.69) is 0 Å². The van der Waals surface area contributed by atoms with Crippen LogP contribution in [0.25, 0.3) is 11.0 Å². The zero-order chi connectivity index (χ0) is 20.5. The molecule has 150 valence electrons. The maximum Gasteiger partial charge on any atom is 0.348 e. The lowest BCUT2D eigenvalue weighted by molar-refractivity contribution is -0.151. The number of rotatable bonds is 5. The van der Waals surface area contributed by atoms with Crippen molar-refractivity contribution in [2.75, 3.05) is 20.8 Å². The van der Waals surface area contributed by atoms with E-state index in [0.29, 0.717) is 33.8 Å². The molecule has 7 nitrogen and oxygen atoms in total. The summed E-state index contributed by atoms with van der Waals surface area (Å²) in [7, 11) is 3.02. The third-order valence-corrected chi connectivity index (χ3v) is 4.94. The highest BCUT2D eigenvalue weighted by molar-refractivity contribution is 5.88. The Labute approximate surface area is 166 Å². The van der Waals surface area contributed by atoms with E-state index in [0.717, 1.165) is 0 Å². The third kappa shape index (κ3) is 2.99. The third-order valence-electron chi connectivity index (χ3n) is 4.94.